The lowest BCUT2D eigenvalue weighted by atomic mass is 10.1. The van der Waals surface area contributed by atoms with Crippen LogP contribution in [0.3, 0.4) is 0 Å². The van der Waals surface area contributed by atoms with Crippen LogP contribution in [0.5, 0.6) is 5.75 Å². The van der Waals surface area contributed by atoms with Crippen LogP contribution in [-0.2, 0) is 0 Å². The average Bonchev–Trinajstić information content (AvgIpc) is 2.35. The quantitative estimate of drug-likeness (QED) is 0.608. The van der Waals surface area contributed by atoms with Crippen molar-refractivity contribution < 1.29 is 4.74 Å². The Morgan fingerprint density at radius 1 is 0.882 bits per heavy atom. The Hall–Kier alpha value is -1.80. The molecule has 0 spiro atoms. The largest absolute Gasteiger partial charge is 0.497 e. The zero-order valence-corrected chi connectivity index (χ0v) is 10.2. The topological polar surface area (TPSA) is 22.1 Å². The van der Waals surface area contributed by atoms with Crippen LogP contribution in [0.25, 0.3) is 21.8 Å². The van der Waals surface area contributed by atoms with Crippen LogP contribution in [0, 0.1) is 0 Å². The molecule has 0 N–H and O–H groups in total. The maximum absolute atomic E-state index is 5.19. The molecule has 3 heteroatoms. The molecule has 0 aliphatic carbocycles. The number of pyridine rings is 1. The Morgan fingerprint density at radius 3 is 2.47 bits per heavy atom. The molecule has 1 heterocycles. The van der Waals surface area contributed by atoms with Crippen LogP contribution in [0.4, 0.5) is 0 Å². The number of halogens is 1. The van der Waals surface area contributed by atoms with Crippen molar-refractivity contribution in [2.24, 2.45) is 0 Å². The predicted octanol–water partition coefficient (Wildman–Crippen LogP) is 3.82. The fourth-order valence-electron chi connectivity index (χ4n) is 1.88. The van der Waals surface area contributed by atoms with Gasteiger partial charge in [0.05, 0.1) is 18.1 Å². The number of nitrogens with zero attached hydrogens (tertiary/aromatic N) is 1. The zero-order chi connectivity index (χ0) is 11.0. The molecule has 0 radical (unpaired) electrons. The number of fused-ring (bicyclic) bond motifs is 2. The van der Waals surface area contributed by atoms with Gasteiger partial charge in [0, 0.05) is 16.8 Å². The number of hydrogen-bond donors (Lipinski definition) is 0. The van der Waals surface area contributed by atoms with E-state index < -0.39 is 0 Å². The van der Waals surface area contributed by atoms with Gasteiger partial charge in [0.1, 0.15) is 5.75 Å². The monoisotopic (exact) mass is 245 g/mol. The maximum atomic E-state index is 5.19. The zero-order valence-electron chi connectivity index (χ0n) is 9.38. The lowest BCUT2D eigenvalue weighted by molar-refractivity contribution is 0.415. The first kappa shape index (κ1) is 11.7. The molecule has 1 aromatic heterocycles. The van der Waals surface area contributed by atoms with Crippen LogP contribution >= 0.6 is 12.4 Å². The number of ether oxygens (including phenoxy) is 1. The second-order valence-corrected chi connectivity index (χ2v) is 3.74. The molecule has 0 unspecified atom stereocenters. The van der Waals surface area contributed by atoms with Gasteiger partial charge in [-0.3, -0.25) is 0 Å². The number of methoxy groups -OCH3 is 1. The van der Waals surface area contributed by atoms with E-state index in [2.05, 4.69) is 17.1 Å². The van der Waals surface area contributed by atoms with Gasteiger partial charge in [0.2, 0.25) is 0 Å². The molecule has 0 amide bonds. The number of rotatable bonds is 1. The highest BCUT2D eigenvalue weighted by Gasteiger charge is 2.00. The Bertz CT molecular complexity index is 666. The lowest BCUT2D eigenvalue weighted by Crippen LogP contribution is -1.85. The van der Waals surface area contributed by atoms with Crippen molar-refractivity contribution in [3.8, 4) is 5.75 Å². The first-order valence-electron chi connectivity index (χ1n) is 5.20. The minimum atomic E-state index is 0. The molecule has 0 aliphatic heterocycles. The number of aromatic nitrogens is 1. The summed E-state index contributed by atoms with van der Waals surface area (Å²) in [5, 5.41) is 2.31. The van der Waals surface area contributed by atoms with Crippen LogP contribution in [-0.4, -0.2) is 12.1 Å². The van der Waals surface area contributed by atoms with E-state index in [-0.39, 0.29) is 12.4 Å². The molecule has 0 saturated heterocycles. The Labute approximate surface area is 106 Å². The van der Waals surface area contributed by atoms with Crippen molar-refractivity contribution in [2.75, 3.05) is 7.11 Å². The van der Waals surface area contributed by atoms with Crippen LogP contribution < -0.4 is 4.74 Å². The van der Waals surface area contributed by atoms with Crippen molar-refractivity contribution in [2.45, 2.75) is 0 Å². The molecular weight excluding hydrogens is 234 g/mol. The van der Waals surface area contributed by atoms with E-state index in [4.69, 9.17) is 4.74 Å². The standard InChI is InChI=1S/C14H11NO.ClH/c1-16-12-7-6-11-8-10-4-2-3-5-13(10)15-14(11)9-12;/h2-9H,1H3;1H. The van der Waals surface area contributed by atoms with Gasteiger partial charge in [-0.2, -0.15) is 0 Å². The van der Waals surface area contributed by atoms with Crippen LogP contribution in [0.2, 0.25) is 0 Å². The van der Waals surface area contributed by atoms with Gasteiger partial charge >= 0.3 is 0 Å². The van der Waals surface area contributed by atoms with Gasteiger partial charge in [-0.15, -0.1) is 12.4 Å². The third-order valence-electron chi connectivity index (χ3n) is 2.73. The van der Waals surface area contributed by atoms with Crippen molar-refractivity contribution in [3.05, 3.63) is 48.5 Å². The van der Waals surface area contributed by atoms with E-state index >= 15 is 0 Å². The Balaban J connectivity index is 0.00000108. The highest BCUT2D eigenvalue weighted by Crippen LogP contribution is 2.23. The number of benzene rings is 2. The Kier molecular flexibility index (Phi) is 3.16. The van der Waals surface area contributed by atoms with E-state index in [0.29, 0.717) is 0 Å². The summed E-state index contributed by atoms with van der Waals surface area (Å²) < 4.78 is 5.19. The van der Waals surface area contributed by atoms with Gasteiger partial charge in [0.25, 0.3) is 0 Å². The molecule has 0 atom stereocenters. The van der Waals surface area contributed by atoms with Gasteiger partial charge < -0.3 is 4.74 Å². The van der Waals surface area contributed by atoms with Gasteiger partial charge in [0.15, 0.2) is 0 Å². The second kappa shape index (κ2) is 4.60. The SMILES string of the molecule is COc1ccc2cc3ccccc3nc2c1.Cl. The summed E-state index contributed by atoms with van der Waals surface area (Å²) in [5.74, 6) is 0.843. The van der Waals surface area contributed by atoms with E-state index in [1.54, 1.807) is 7.11 Å². The van der Waals surface area contributed by atoms with Crippen molar-refractivity contribution in [1.82, 2.24) is 4.98 Å². The van der Waals surface area contributed by atoms with Crippen LogP contribution in [0.15, 0.2) is 48.5 Å². The van der Waals surface area contributed by atoms with Crippen molar-refractivity contribution in [3.63, 3.8) is 0 Å². The lowest BCUT2D eigenvalue weighted by Gasteiger charge is -2.03. The summed E-state index contributed by atoms with van der Waals surface area (Å²) in [5.41, 5.74) is 1.99. The first-order chi connectivity index (χ1) is 7.86. The molecule has 0 saturated carbocycles. The second-order valence-electron chi connectivity index (χ2n) is 3.74. The minimum absolute atomic E-state index is 0. The van der Waals surface area contributed by atoms with E-state index in [1.165, 1.54) is 5.39 Å². The predicted molar refractivity (Wildman–Crippen MR) is 73.0 cm³/mol. The fraction of sp³-hybridized carbons (Fsp3) is 0.0714. The molecule has 17 heavy (non-hydrogen) atoms. The third-order valence-corrected chi connectivity index (χ3v) is 2.73. The molecule has 2 aromatic carbocycles. The molecule has 3 rings (SSSR count). The molecule has 86 valence electrons. The van der Waals surface area contributed by atoms with E-state index in [1.807, 2.05) is 36.4 Å². The molecule has 2 nitrogen and oxygen atoms in total. The third kappa shape index (κ3) is 2.04. The molecule has 0 aliphatic rings. The highest BCUT2D eigenvalue weighted by atomic mass is 35.5. The fourth-order valence-corrected chi connectivity index (χ4v) is 1.88. The van der Waals surface area contributed by atoms with Crippen molar-refractivity contribution >= 4 is 34.2 Å². The Morgan fingerprint density at radius 2 is 1.65 bits per heavy atom. The number of para-hydroxylation sites is 1. The summed E-state index contributed by atoms with van der Waals surface area (Å²) in [4.78, 5) is 4.61. The van der Waals surface area contributed by atoms with Gasteiger partial charge in [-0.25, -0.2) is 4.98 Å². The molecule has 0 fully saturated rings. The van der Waals surface area contributed by atoms with Gasteiger partial charge in [-0.1, -0.05) is 18.2 Å². The molecular formula is C14H12ClNO. The summed E-state index contributed by atoms with van der Waals surface area (Å²) in [6, 6.07) is 16.2. The van der Waals surface area contributed by atoms with E-state index in [0.717, 1.165) is 22.2 Å². The van der Waals surface area contributed by atoms with Crippen LogP contribution in [0.1, 0.15) is 0 Å². The molecule has 0 bridgehead atoms. The summed E-state index contributed by atoms with van der Waals surface area (Å²) in [7, 11) is 1.67. The molecule has 3 aromatic rings. The average molecular weight is 246 g/mol. The van der Waals surface area contributed by atoms with Crippen molar-refractivity contribution in [1.29, 1.82) is 0 Å². The smallest absolute Gasteiger partial charge is 0.121 e. The summed E-state index contributed by atoms with van der Waals surface area (Å²) >= 11 is 0. The highest BCUT2D eigenvalue weighted by molar-refractivity contribution is 5.93. The summed E-state index contributed by atoms with van der Waals surface area (Å²) in [6.45, 7) is 0. The normalized spacial score (nSPS) is 10.2. The minimum Gasteiger partial charge on any atom is -0.497 e. The van der Waals surface area contributed by atoms with E-state index in [9.17, 15) is 0 Å². The van der Waals surface area contributed by atoms with Gasteiger partial charge in [-0.05, 0) is 24.3 Å². The number of hydrogen-bond acceptors (Lipinski definition) is 2. The maximum Gasteiger partial charge on any atom is 0.121 e. The first-order valence-corrected chi connectivity index (χ1v) is 5.20. The summed E-state index contributed by atoms with van der Waals surface area (Å²) in [6.07, 6.45) is 0.